The molecule has 0 saturated carbocycles. The van der Waals surface area contributed by atoms with Crippen molar-refractivity contribution in [2.75, 3.05) is 0 Å². The Bertz CT molecular complexity index is 982. The predicted octanol–water partition coefficient (Wildman–Crippen LogP) is 0.502. The van der Waals surface area contributed by atoms with E-state index in [0.717, 1.165) is 10.9 Å². The number of aromatic amines is 1. The van der Waals surface area contributed by atoms with Crippen molar-refractivity contribution in [3.05, 3.63) is 71.2 Å². The maximum absolute atomic E-state index is 10.2. The molecule has 3 aromatic rings. The van der Waals surface area contributed by atoms with Gasteiger partial charge in [-0.25, -0.2) is 0 Å². The quantitative estimate of drug-likeness (QED) is 0.344. The zero-order valence-electron chi connectivity index (χ0n) is 15.3. The van der Waals surface area contributed by atoms with E-state index in [4.69, 9.17) is 0 Å². The van der Waals surface area contributed by atoms with E-state index in [0.29, 0.717) is 0 Å². The van der Waals surface area contributed by atoms with Crippen LogP contribution in [0.3, 0.4) is 0 Å². The van der Waals surface area contributed by atoms with E-state index < -0.39 is 31.2 Å². The average molecular weight is 423 g/mol. The van der Waals surface area contributed by atoms with Crippen LogP contribution in [0.2, 0.25) is 0 Å². The van der Waals surface area contributed by atoms with Crippen LogP contribution in [0.5, 0.6) is 0 Å². The average Bonchev–Trinajstić information content (AvgIpc) is 3.35. The summed E-state index contributed by atoms with van der Waals surface area (Å²) in [4.78, 5) is 37.3. The first-order valence-electron chi connectivity index (χ1n) is 7.13. The molecule has 0 fully saturated rings. The fourth-order valence-corrected chi connectivity index (χ4v) is 1.57. The lowest BCUT2D eigenvalue weighted by Gasteiger charge is -1.85. The molecule has 0 aliphatic heterocycles. The van der Waals surface area contributed by atoms with Gasteiger partial charge in [0.2, 0.25) is 0 Å². The van der Waals surface area contributed by atoms with E-state index >= 15 is 0 Å². The number of nitrogens with one attached hydrogen (secondary N) is 1. The van der Waals surface area contributed by atoms with Crippen molar-refractivity contribution in [1.29, 1.82) is 0 Å². The van der Waals surface area contributed by atoms with E-state index in [9.17, 15) is 40.5 Å². The Kier molecular flexibility index (Phi) is 9.45. The molecule has 0 unspecified atom stereocenters. The smallest absolute Gasteiger partial charge is 0.358 e. The lowest BCUT2D eigenvalue weighted by molar-refractivity contribution is -0.424. The molecule has 3 heterocycles. The number of H-pyrrole nitrogens is 1. The summed E-state index contributed by atoms with van der Waals surface area (Å²) in [6.07, 6.45) is 3.84. The van der Waals surface area contributed by atoms with E-state index in [1.165, 1.54) is 36.3 Å². The minimum atomic E-state index is -0.891. The number of rotatable bonds is 4. The summed E-state index contributed by atoms with van der Waals surface area (Å²) in [6.45, 7) is 0. The lowest BCUT2D eigenvalue weighted by atomic mass is 10.5. The van der Waals surface area contributed by atoms with Gasteiger partial charge in [-0.15, -0.1) is 5.10 Å². The third kappa shape index (κ3) is 7.50. The molecule has 3 radical (unpaired) electrons. The molecule has 0 aliphatic rings. The van der Waals surface area contributed by atoms with Gasteiger partial charge in [-0.05, 0) is 14.8 Å². The minimum absolute atomic E-state index is 0. The molecule has 0 aliphatic carbocycles. The van der Waals surface area contributed by atoms with Gasteiger partial charge in [0.15, 0.2) is 0 Å². The second-order valence-corrected chi connectivity index (χ2v) is 4.83. The summed E-state index contributed by atoms with van der Waals surface area (Å²) in [7, 11) is 3.01. The molecule has 3 rings (SSSR count). The first-order valence-corrected chi connectivity index (χ1v) is 7.13. The fraction of sp³-hybridized carbons (Fsp3) is 0.182. The number of hydrogen-bond donors (Lipinski definition) is 1. The maximum Gasteiger partial charge on any atom is 0.467 e. The van der Waals surface area contributed by atoms with Crippen molar-refractivity contribution in [3.8, 4) is 0 Å². The Balaban J connectivity index is 0.000000423. The van der Waals surface area contributed by atoms with Crippen molar-refractivity contribution >= 4 is 31.6 Å². The number of hydrogen-bond acceptors (Lipinski definition) is 11. The van der Waals surface area contributed by atoms with Gasteiger partial charge in [0.05, 0.1) is 53.7 Å². The number of aromatic nitrogens is 6. The molecule has 0 atom stereocenters. The number of aryl methyl sites for hydroxylation is 2. The number of nitro groups is 4. The zero-order chi connectivity index (χ0) is 22.1. The third-order valence-electron chi connectivity index (χ3n) is 2.73. The van der Waals surface area contributed by atoms with E-state index in [2.05, 4.69) is 20.4 Å². The second-order valence-electron chi connectivity index (χ2n) is 4.83. The van der Waals surface area contributed by atoms with Crippen molar-refractivity contribution in [2.24, 2.45) is 14.1 Å². The first-order chi connectivity index (χ1) is 13.5. The van der Waals surface area contributed by atoms with Crippen LogP contribution in [-0.2, 0) is 14.1 Å². The normalized spacial score (nSPS) is 9.13. The number of nitrogens with zero attached hydrogens (tertiary/aromatic N) is 9. The molecule has 0 bridgehead atoms. The molecule has 30 heavy (non-hydrogen) atoms. The molecule has 1 N–H and O–H groups in total. The summed E-state index contributed by atoms with van der Waals surface area (Å²) in [5, 5.41) is 52.5. The van der Waals surface area contributed by atoms with Crippen molar-refractivity contribution in [3.63, 3.8) is 0 Å². The summed E-state index contributed by atoms with van der Waals surface area (Å²) in [6, 6.07) is 2.64. The molecule has 0 amide bonds. The predicted molar refractivity (Wildman–Crippen MR) is 97.4 cm³/mol. The van der Waals surface area contributed by atoms with Crippen LogP contribution < -0.4 is 0 Å². The van der Waals surface area contributed by atoms with Gasteiger partial charge >= 0.3 is 23.1 Å². The third-order valence-corrected chi connectivity index (χ3v) is 2.73. The highest BCUT2D eigenvalue weighted by atomic mass is 16.6. The van der Waals surface area contributed by atoms with Crippen LogP contribution in [0.4, 0.5) is 23.1 Å². The van der Waals surface area contributed by atoms with Crippen LogP contribution >= 0.6 is 0 Å². The topological polar surface area (TPSA) is 237 Å². The van der Waals surface area contributed by atoms with Crippen LogP contribution in [0, 0.1) is 40.5 Å². The van der Waals surface area contributed by atoms with Gasteiger partial charge in [-0.1, -0.05) is 5.10 Å². The SMILES string of the molecule is Cn1cc([N+](=O)[O-])c([N+](=O)[O-])n1.Cn1ccc([N+](=O)[O-])n1.O=[N+]([O-])c1ccn[nH]1.[B]. The largest absolute Gasteiger partial charge is 0.467 e. The van der Waals surface area contributed by atoms with Gasteiger partial charge in [0.25, 0.3) is 0 Å². The van der Waals surface area contributed by atoms with Gasteiger partial charge in [-0.3, -0.25) is 10.1 Å². The molecule has 0 spiro atoms. The van der Waals surface area contributed by atoms with Crippen molar-refractivity contribution in [2.45, 2.75) is 0 Å². The fourth-order valence-electron chi connectivity index (χ4n) is 1.57. The van der Waals surface area contributed by atoms with Crippen molar-refractivity contribution < 1.29 is 19.7 Å². The Labute approximate surface area is 167 Å². The Morgan fingerprint density at radius 3 is 1.77 bits per heavy atom. The molecule has 0 aromatic carbocycles. The highest BCUT2D eigenvalue weighted by Crippen LogP contribution is 2.22. The molecule has 157 valence electrons. The van der Waals surface area contributed by atoms with Gasteiger partial charge in [0, 0.05) is 8.41 Å². The highest BCUT2D eigenvalue weighted by molar-refractivity contribution is 5.75. The van der Waals surface area contributed by atoms with Crippen LogP contribution in [0.25, 0.3) is 0 Å². The van der Waals surface area contributed by atoms with Crippen molar-refractivity contribution in [1.82, 2.24) is 29.8 Å². The van der Waals surface area contributed by atoms with Crippen LogP contribution in [0.15, 0.2) is 30.7 Å². The van der Waals surface area contributed by atoms with Gasteiger partial charge in [-0.2, -0.15) is 9.36 Å². The standard InChI is InChI=1S/C4H4N4O4.C4H5N3O2.C3H3N3O2.B/c1-6-2-3(7(9)10)4(5-6)8(11)12;1-6-3-2-4(5-6)7(8)9;7-6(8)3-1-2-4-5-3;/h2H,1H3;2-3H,1H3;1-2H,(H,4,5);. The molecular weight excluding hydrogens is 411 g/mol. The Morgan fingerprint density at radius 1 is 0.867 bits per heavy atom. The van der Waals surface area contributed by atoms with E-state index in [-0.39, 0.29) is 20.0 Å². The van der Waals surface area contributed by atoms with Gasteiger partial charge < -0.3 is 30.3 Å². The summed E-state index contributed by atoms with van der Waals surface area (Å²) >= 11 is 0. The second kappa shape index (κ2) is 11.2. The monoisotopic (exact) mass is 423 g/mol. The molecule has 19 heteroatoms. The minimum Gasteiger partial charge on any atom is -0.358 e. The molecule has 18 nitrogen and oxygen atoms in total. The van der Waals surface area contributed by atoms with E-state index in [1.54, 1.807) is 7.05 Å². The van der Waals surface area contributed by atoms with Crippen LogP contribution in [0.1, 0.15) is 0 Å². The Hall–Kier alpha value is -4.71. The molecular formula is C11H12BN10O8. The molecule has 0 saturated heterocycles. The van der Waals surface area contributed by atoms with E-state index in [1.807, 2.05) is 0 Å². The van der Waals surface area contributed by atoms with Crippen LogP contribution in [-0.4, -0.2) is 57.9 Å². The maximum atomic E-state index is 10.2. The lowest BCUT2D eigenvalue weighted by Crippen LogP contribution is -1.94. The summed E-state index contributed by atoms with van der Waals surface area (Å²) in [5.41, 5.74) is -0.595. The highest BCUT2D eigenvalue weighted by Gasteiger charge is 2.29. The van der Waals surface area contributed by atoms with Gasteiger partial charge in [0.1, 0.15) is 6.20 Å². The summed E-state index contributed by atoms with van der Waals surface area (Å²) in [5.74, 6) is -0.926. The first kappa shape index (κ1) is 25.3. The molecule has 3 aromatic heterocycles. The summed E-state index contributed by atoms with van der Waals surface area (Å²) < 4.78 is 2.41. The zero-order valence-corrected chi connectivity index (χ0v) is 15.3. The Morgan fingerprint density at radius 2 is 1.50 bits per heavy atom.